The van der Waals surface area contributed by atoms with Gasteiger partial charge >= 0.3 is 0 Å². The van der Waals surface area contributed by atoms with Gasteiger partial charge in [-0.25, -0.2) is 0 Å². The van der Waals surface area contributed by atoms with Crippen molar-refractivity contribution in [1.29, 1.82) is 0 Å². The van der Waals surface area contributed by atoms with Crippen molar-refractivity contribution >= 4 is 5.96 Å². The maximum atomic E-state index is 5.92. The second-order valence-electron chi connectivity index (χ2n) is 5.53. The molecule has 0 amide bonds. The molecule has 0 spiro atoms. The molecule has 2 N–H and O–H groups in total. The molecule has 2 aromatic rings. The van der Waals surface area contributed by atoms with Crippen molar-refractivity contribution in [3.63, 3.8) is 0 Å². The first-order valence-electron chi connectivity index (χ1n) is 7.85. The van der Waals surface area contributed by atoms with Crippen LogP contribution in [0, 0.1) is 6.92 Å². The van der Waals surface area contributed by atoms with Crippen molar-refractivity contribution in [2.24, 2.45) is 12.0 Å². The molecule has 8 nitrogen and oxygen atoms in total. The van der Waals surface area contributed by atoms with E-state index in [1.165, 1.54) is 0 Å². The highest BCUT2D eigenvalue weighted by Gasteiger charge is 2.20. The van der Waals surface area contributed by atoms with Crippen molar-refractivity contribution < 1.29 is 9.47 Å². The number of ether oxygens (including phenoxy) is 2. The number of hydrogen-bond acceptors (Lipinski definition) is 5. The van der Waals surface area contributed by atoms with Gasteiger partial charge in [0.15, 0.2) is 23.3 Å². The van der Waals surface area contributed by atoms with Crippen LogP contribution in [0.25, 0.3) is 0 Å². The molecular formula is C16H22N6O2. The zero-order valence-corrected chi connectivity index (χ0v) is 14.1. The summed E-state index contributed by atoms with van der Waals surface area (Å²) in [5.74, 6) is 3.96. The molecule has 24 heavy (non-hydrogen) atoms. The fraction of sp³-hybridized carbons (Fsp3) is 0.438. The summed E-state index contributed by atoms with van der Waals surface area (Å²) in [7, 11) is 3.66. The smallest absolute Gasteiger partial charge is 0.191 e. The fourth-order valence-corrected chi connectivity index (χ4v) is 2.36. The van der Waals surface area contributed by atoms with E-state index in [2.05, 4.69) is 25.8 Å². The largest absolute Gasteiger partial charge is 0.486 e. The number of hydrogen-bond donors (Lipinski definition) is 2. The molecule has 0 radical (unpaired) electrons. The Bertz CT molecular complexity index is 727. The minimum Gasteiger partial charge on any atom is -0.486 e. The van der Waals surface area contributed by atoms with Crippen LogP contribution < -0.4 is 20.1 Å². The topological polar surface area (TPSA) is 85.6 Å². The second-order valence-corrected chi connectivity index (χ2v) is 5.53. The highest BCUT2D eigenvalue weighted by molar-refractivity contribution is 5.79. The molecule has 1 aromatic carbocycles. The molecule has 0 saturated carbocycles. The molecule has 1 atom stereocenters. The van der Waals surface area contributed by atoms with E-state index in [9.17, 15) is 0 Å². The average molecular weight is 330 g/mol. The van der Waals surface area contributed by atoms with Crippen LogP contribution in [0.4, 0.5) is 0 Å². The molecular weight excluding hydrogens is 308 g/mol. The Morgan fingerprint density at radius 3 is 2.79 bits per heavy atom. The summed E-state index contributed by atoms with van der Waals surface area (Å²) in [6, 6.07) is 7.68. The van der Waals surface area contributed by atoms with Crippen molar-refractivity contribution in [2.45, 2.75) is 19.6 Å². The highest BCUT2D eigenvalue weighted by Crippen LogP contribution is 2.30. The van der Waals surface area contributed by atoms with Crippen LogP contribution in [0.5, 0.6) is 11.5 Å². The summed E-state index contributed by atoms with van der Waals surface area (Å²) in [5, 5.41) is 14.6. The van der Waals surface area contributed by atoms with Crippen LogP contribution >= 0.6 is 0 Å². The van der Waals surface area contributed by atoms with E-state index in [1.807, 2.05) is 42.8 Å². The first kappa shape index (κ1) is 16.1. The molecule has 0 saturated heterocycles. The maximum Gasteiger partial charge on any atom is 0.191 e. The first-order chi connectivity index (χ1) is 11.7. The van der Waals surface area contributed by atoms with E-state index in [0.717, 1.165) is 23.1 Å². The zero-order chi connectivity index (χ0) is 16.9. The lowest BCUT2D eigenvalue weighted by Crippen LogP contribution is -2.45. The van der Waals surface area contributed by atoms with Crippen LogP contribution in [0.3, 0.4) is 0 Å². The Morgan fingerprint density at radius 2 is 2.08 bits per heavy atom. The van der Waals surface area contributed by atoms with Gasteiger partial charge in [-0.15, -0.1) is 10.2 Å². The number of para-hydroxylation sites is 2. The van der Waals surface area contributed by atoms with E-state index in [-0.39, 0.29) is 6.10 Å². The number of aromatic nitrogens is 3. The SMILES string of the molecule is CN=C(NCc1nnc(C)n1C)NCC1COc2ccccc2O1. The summed E-state index contributed by atoms with van der Waals surface area (Å²) in [4.78, 5) is 4.21. The molecule has 1 aliphatic rings. The Morgan fingerprint density at radius 1 is 1.29 bits per heavy atom. The van der Waals surface area contributed by atoms with Gasteiger partial charge in [-0.05, 0) is 19.1 Å². The summed E-state index contributed by atoms with van der Waals surface area (Å²) >= 11 is 0. The number of nitrogens with one attached hydrogen (secondary N) is 2. The highest BCUT2D eigenvalue weighted by atomic mass is 16.6. The molecule has 3 rings (SSSR count). The Hall–Kier alpha value is -2.77. The quantitative estimate of drug-likeness (QED) is 0.632. The van der Waals surface area contributed by atoms with Crippen LogP contribution in [0.1, 0.15) is 11.6 Å². The fourth-order valence-electron chi connectivity index (χ4n) is 2.36. The zero-order valence-electron chi connectivity index (χ0n) is 14.1. The van der Waals surface area contributed by atoms with E-state index < -0.39 is 0 Å². The van der Waals surface area contributed by atoms with Gasteiger partial charge in [0.2, 0.25) is 0 Å². The lowest BCUT2D eigenvalue weighted by Gasteiger charge is -2.27. The third-order valence-corrected chi connectivity index (χ3v) is 3.88. The third-order valence-electron chi connectivity index (χ3n) is 3.88. The predicted octanol–water partition coefficient (Wildman–Crippen LogP) is 0.629. The van der Waals surface area contributed by atoms with Crippen LogP contribution in [-0.4, -0.2) is 47.0 Å². The van der Waals surface area contributed by atoms with E-state index >= 15 is 0 Å². The normalized spacial score (nSPS) is 16.8. The Balaban J connectivity index is 1.49. The molecule has 1 unspecified atom stereocenters. The minimum absolute atomic E-state index is 0.0736. The second kappa shape index (κ2) is 7.20. The number of aryl methyl sites for hydroxylation is 1. The van der Waals surface area contributed by atoms with Gasteiger partial charge < -0.3 is 24.7 Å². The molecule has 1 aliphatic heterocycles. The molecule has 0 bridgehead atoms. The number of benzene rings is 1. The molecule has 0 fully saturated rings. The number of nitrogens with zero attached hydrogens (tertiary/aromatic N) is 4. The maximum absolute atomic E-state index is 5.92. The Kier molecular flexibility index (Phi) is 4.83. The molecule has 1 aromatic heterocycles. The van der Waals surface area contributed by atoms with Crippen molar-refractivity contribution in [3.05, 3.63) is 35.9 Å². The number of guanidine groups is 1. The number of fused-ring (bicyclic) bond motifs is 1. The van der Waals surface area contributed by atoms with Gasteiger partial charge in [0.05, 0.1) is 13.1 Å². The van der Waals surface area contributed by atoms with E-state index in [1.54, 1.807) is 7.05 Å². The number of aliphatic imine (C=N–C) groups is 1. The van der Waals surface area contributed by atoms with Gasteiger partial charge in [-0.1, -0.05) is 12.1 Å². The van der Waals surface area contributed by atoms with E-state index in [0.29, 0.717) is 25.7 Å². The molecule has 128 valence electrons. The van der Waals surface area contributed by atoms with E-state index in [4.69, 9.17) is 9.47 Å². The first-order valence-corrected chi connectivity index (χ1v) is 7.85. The standard InChI is InChI=1S/C16H22N6O2/c1-11-20-21-15(22(11)3)9-19-16(17-2)18-8-12-10-23-13-6-4-5-7-14(13)24-12/h4-7,12H,8-10H2,1-3H3,(H2,17,18,19). The van der Waals surface area contributed by atoms with Gasteiger partial charge in [-0.3, -0.25) is 4.99 Å². The monoisotopic (exact) mass is 330 g/mol. The van der Waals surface area contributed by atoms with Crippen molar-refractivity contribution in [2.75, 3.05) is 20.2 Å². The molecule has 2 heterocycles. The minimum atomic E-state index is -0.0736. The lowest BCUT2D eigenvalue weighted by atomic mass is 10.2. The van der Waals surface area contributed by atoms with Crippen molar-refractivity contribution in [1.82, 2.24) is 25.4 Å². The summed E-state index contributed by atoms with van der Waals surface area (Å²) in [5.41, 5.74) is 0. The molecule has 0 aliphatic carbocycles. The van der Waals surface area contributed by atoms with Crippen molar-refractivity contribution in [3.8, 4) is 11.5 Å². The Labute approximate surface area is 140 Å². The predicted molar refractivity (Wildman–Crippen MR) is 90.3 cm³/mol. The van der Waals surface area contributed by atoms with Crippen LogP contribution in [0.15, 0.2) is 29.3 Å². The lowest BCUT2D eigenvalue weighted by molar-refractivity contribution is 0.0936. The third kappa shape index (κ3) is 3.58. The summed E-state index contributed by atoms with van der Waals surface area (Å²) < 4.78 is 13.6. The summed E-state index contributed by atoms with van der Waals surface area (Å²) in [6.07, 6.45) is -0.0736. The van der Waals surface area contributed by atoms with Crippen LogP contribution in [0.2, 0.25) is 0 Å². The number of rotatable bonds is 4. The van der Waals surface area contributed by atoms with Gasteiger partial charge in [0.25, 0.3) is 0 Å². The van der Waals surface area contributed by atoms with Gasteiger partial charge in [-0.2, -0.15) is 0 Å². The summed E-state index contributed by atoms with van der Waals surface area (Å²) in [6.45, 7) is 3.55. The average Bonchev–Trinajstić information content (AvgIpc) is 2.93. The van der Waals surface area contributed by atoms with Gasteiger partial charge in [0.1, 0.15) is 18.5 Å². The van der Waals surface area contributed by atoms with Gasteiger partial charge in [0, 0.05) is 14.1 Å². The molecule has 8 heteroatoms. The van der Waals surface area contributed by atoms with Crippen LogP contribution in [-0.2, 0) is 13.6 Å².